The van der Waals surface area contributed by atoms with E-state index in [0.717, 1.165) is 34.3 Å². The molecule has 0 atom stereocenters. The van der Waals surface area contributed by atoms with Crippen LogP contribution in [-0.4, -0.2) is 26.4 Å². The Morgan fingerprint density at radius 3 is 2.59 bits per heavy atom. The molecule has 1 N–H and O–H groups in total. The average molecular weight is 381 g/mol. The molecule has 3 rings (SSSR count). The fourth-order valence-corrected chi connectivity index (χ4v) is 3.66. The van der Waals surface area contributed by atoms with Crippen LogP contribution in [0.4, 0.5) is 5.69 Å². The Morgan fingerprint density at radius 2 is 1.85 bits per heavy atom. The van der Waals surface area contributed by atoms with Gasteiger partial charge in [0.15, 0.2) is 5.16 Å². The largest absolute Gasteiger partial charge is 0.325 e. The summed E-state index contributed by atoms with van der Waals surface area (Å²) in [6, 6.07) is 14.1. The zero-order valence-corrected chi connectivity index (χ0v) is 16.9. The first-order valence-corrected chi connectivity index (χ1v) is 9.98. The molecular weight excluding hydrogens is 356 g/mol. The Kier molecular flexibility index (Phi) is 5.96. The number of thioether (sulfide) groups is 1. The number of anilines is 1. The molecular formula is C21H24N4OS. The highest BCUT2D eigenvalue weighted by atomic mass is 32.2. The lowest BCUT2D eigenvalue weighted by atomic mass is 10.1. The van der Waals surface area contributed by atoms with Crippen molar-refractivity contribution in [2.75, 3.05) is 11.1 Å². The summed E-state index contributed by atoms with van der Waals surface area (Å²) in [6.07, 6.45) is 0.879. The van der Waals surface area contributed by atoms with Crippen molar-refractivity contribution in [1.29, 1.82) is 0 Å². The fourth-order valence-electron chi connectivity index (χ4n) is 2.87. The number of nitrogens with zero attached hydrogens (tertiary/aromatic N) is 3. The molecule has 0 unspecified atom stereocenters. The number of nitrogens with one attached hydrogen (secondary N) is 1. The van der Waals surface area contributed by atoms with Gasteiger partial charge in [0, 0.05) is 11.4 Å². The number of amides is 1. The summed E-state index contributed by atoms with van der Waals surface area (Å²) in [7, 11) is 0. The van der Waals surface area contributed by atoms with E-state index < -0.39 is 0 Å². The van der Waals surface area contributed by atoms with Gasteiger partial charge in [-0.1, -0.05) is 43.0 Å². The van der Waals surface area contributed by atoms with E-state index in [2.05, 4.69) is 54.5 Å². The number of aromatic nitrogens is 3. The SMILES string of the molecule is CCc1ccccc1NC(=O)CSc1nnc(C)n1-c1ccc(C)c(C)c1. The number of carbonyl (C=O) groups is 1. The molecule has 1 amide bonds. The van der Waals surface area contributed by atoms with Gasteiger partial charge >= 0.3 is 0 Å². The number of carbonyl (C=O) groups excluding carboxylic acids is 1. The van der Waals surface area contributed by atoms with E-state index in [1.54, 1.807) is 0 Å². The molecule has 27 heavy (non-hydrogen) atoms. The maximum absolute atomic E-state index is 12.4. The number of hydrogen-bond donors (Lipinski definition) is 1. The Balaban J connectivity index is 1.73. The van der Waals surface area contributed by atoms with E-state index in [4.69, 9.17) is 0 Å². The van der Waals surface area contributed by atoms with Crippen LogP contribution in [-0.2, 0) is 11.2 Å². The predicted octanol–water partition coefficient (Wildman–Crippen LogP) is 4.49. The molecule has 0 aliphatic rings. The highest BCUT2D eigenvalue weighted by molar-refractivity contribution is 7.99. The molecule has 1 aromatic heterocycles. The zero-order valence-electron chi connectivity index (χ0n) is 16.1. The van der Waals surface area contributed by atoms with Crippen LogP contribution < -0.4 is 5.32 Å². The third-order valence-electron chi connectivity index (χ3n) is 4.55. The van der Waals surface area contributed by atoms with Gasteiger partial charge in [-0.05, 0) is 62.1 Å². The molecule has 0 aliphatic carbocycles. The summed E-state index contributed by atoms with van der Waals surface area (Å²) < 4.78 is 1.99. The van der Waals surface area contributed by atoms with Crippen LogP contribution >= 0.6 is 11.8 Å². The van der Waals surface area contributed by atoms with E-state index in [9.17, 15) is 4.79 Å². The average Bonchev–Trinajstić information content (AvgIpc) is 3.03. The molecule has 0 spiro atoms. The monoisotopic (exact) mass is 380 g/mol. The maximum atomic E-state index is 12.4. The van der Waals surface area contributed by atoms with E-state index >= 15 is 0 Å². The second kappa shape index (κ2) is 8.39. The van der Waals surface area contributed by atoms with E-state index in [1.165, 1.54) is 22.9 Å². The molecule has 0 fully saturated rings. The van der Waals surface area contributed by atoms with Gasteiger partial charge in [-0.2, -0.15) is 0 Å². The van der Waals surface area contributed by atoms with Gasteiger partial charge < -0.3 is 5.32 Å². The predicted molar refractivity (Wildman–Crippen MR) is 111 cm³/mol. The van der Waals surface area contributed by atoms with E-state index in [1.807, 2.05) is 35.8 Å². The molecule has 0 bridgehead atoms. The first-order chi connectivity index (χ1) is 13.0. The van der Waals surface area contributed by atoms with Gasteiger partial charge in [0.1, 0.15) is 5.82 Å². The third-order valence-corrected chi connectivity index (χ3v) is 5.48. The van der Waals surface area contributed by atoms with Gasteiger partial charge in [0.05, 0.1) is 5.75 Å². The minimum Gasteiger partial charge on any atom is -0.325 e. The van der Waals surface area contributed by atoms with E-state index in [-0.39, 0.29) is 11.7 Å². The second-order valence-corrected chi connectivity index (χ2v) is 7.42. The molecule has 0 aliphatic heterocycles. The summed E-state index contributed by atoms with van der Waals surface area (Å²) >= 11 is 1.39. The first kappa shape index (κ1) is 19.2. The van der Waals surface area contributed by atoms with Crippen LogP contribution in [0.3, 0.4) is 0 Å². The first-order valence-electron chi connectivity index (χ1n) is 8.99. The minimum atomic E-state index is -0.0480. The Morgan fingerprint density at radius 1 is 1.07 bits per heavy atom. The molecule has 0 saturated carbocycles. The van der Waals surface area contributed by atoms with Crippen molar-refractivity contribution >= 4 is 23.4 Å². The normalized spacial score (nSPS) is 10.8. The fraction of sp³-hybridized carbons (Fsp3) is 0.286. The third kappa shape index (κ3) is 4.39. The maximum Gasteiger partial charge on any atom is 0.234 e. The van der Waals surface area contributed by atoms with Crippen molar-refractivity contribution in [3.63, 3.8) is 0 Å². The Bertz CT molecular complexity index is 965. The molecule has 140 valence electrons. The molecule has 0 radical (unpaired) electrons. The van der Waals surface area contributed by atoms with Crippen molar-refractivity contribution < 1.29 is 4.79 Å². The molecule has 3 aromatic rings. The highest BCUT2D eigenvalue weighted by Crippen LogP contribution is 2.24. The zero-order chi connectivity index (χ0) is 19.4. The van der Waals surface area contributed by atoms with Crippen LogP contribution in [0, 0.1) is 20.8 Å². The second-order valence-electron chi connectivity index (χ2n) is 6.48. The number of hydrogen-bond acceptors (Lipinski definition) is 4. The molecule has 1 heterocycles. The Labute approximate surface area is 164 Å². The summed E-state index contributed by atoms with van der Waals surface area (Å²) in [4.78, 5) is 12.4. The number of aryl methyl sites for hydroxylation is 4. The van der Waals surface area contributed by atoms with Gasteiger partial charge in [0.2, 0.25) is 5.91 Å². The standard InChI is InChI=1S/C21H24N4OS/c1-5-17-8-6-7-9-19(17)22-20(26)13-27-21-24-23-16(4)25(21)18-11-10-14(2)15(3)12-18/h6-12H,5,13H2,1-4H3,(H,22,26). The lowest BCUT2D eigenvalue weighted by Crippen LogP contribution is -2.15. The van der Waals surface area contributed by atoms with Crippen molar-refractivity contribution in [3.8, 4) is 5.69 Å². The van der Waals surface area contributed by atoms with Crippen LogP contribution in [0.5, 0.6) is 0 Å². The van der Waals surface area contributed by atoms with Crippen LogP contribution in [0.15, 0.2) is 47.6 Å². The van der Waals surface area contributed by atoms with Crippen molar-refractivity contribution in [1.82, 2.24) is 14.8 Å². The van der Waals surface area contributed by atoms with Gasteiger partial charge in [-0.25, -0.2) is 0 Å². The van der Waals surface area contributed by atoms with Crippen LogP contribution in [0.1, 0.15) is 29.4 Å². The smallest absolute Gasteiger partial charge is 0.234 e. The number of rotatable bonds is 6. The summed E-state index contributed by atoms with van der Waals surface area (Å²) in [6.45, 7) is 8.18. The quantitative estimate of drug-likeness (QED) is 0.640. The summed E-state index contributed by atoms with van der Waals surface area (Å²) in [5.41, 5.74) is 5.47. The van der Waals surface area contributed by atoms with E-state index in [0.29, 0.717) is 0 Å². The summed E-state index contributed by atoms with van der Waals surface area (Å²) in [5.74, 6) is 1.03. The van der Waals surface area contributed by atoms with Crippen molar-refractivity contribution in [2.45, 2.75) is 39.3 Å². The number of benzene rings is 2. The van der Waals surface area contributed by atoms with Gasteiger partial charge in [-0.3, -0.25) is 9.36 Å². The van der Waals surface area contributed by atoms with Gasteiger partial charge in [0.25, 0.3) is 0 Å². The lowest BCUT2D eigenvalue weighted by Gasteiger charge is -2.11. The van der Waals surface area contributed by atoms with Crippen LogP contribution in [0.2, 0.25) is 0 Å². The Hall–Kier alpha value is -2.60. The van der Waals surface area contributed by atoms with Crippen molar-refractivity contribution in [3.05, 3.63) is 65.0 Å². The molecule has 5 nitrogen and oxygen atoms in total. The van der Waals surface area contributed by atoms with Gasteiger partial charge in [-0.15, -0.1) is 10.2 Å². The number of para-hydroxylation sites is 1. The highest BCUT2D eigenvalue weighted by Gasteiger charge is 2.14. The summed E-state index contributed by atoms with van der Waals surface area (Å²) in [5, 5.41) is 12.2. The molecule has 2 aromatic carbocycles. The molecule has 6 heteroatoms. The van der Waals surface area contributed by atoms with Crippen molar-refractivity contribution in [2.24, 2.45) is 0 Å². The molecule has 0 saturated heterocycles. The minimum absolute atomic E-state index is 0.0480. The lowest BCUT2D eigenvalue weighted by molar-refractivity contribution is -0.113. The van der Waals surface area contributed by atoms with Crippen LogP contribution in [0.25, 0.3) is 5.69 Å². The topological polar surface area (TPSA) is 59.8 Å².